The van der Waals surface area contributed by atoms with Crippen LogP contribution in [0, 0.1) is 0 Å². The molecule has 0 aromatic heterocycles. The van der Waals surface area contributed by atoms with Gasteiger partial charge in [0, 0.05) is 31.5 Å². The molecule has 0 aliphatic heterocycles. The molecule has 0 bridgehead atoms. The van der Waals surface area contributed by atoms with Crippen LogP contribution >= 0.6 is 0 Å². The van der Waals surface area contributed by atoms with Crippen LogP contribution in [0.2, 0.25) is 0 Å². The normalized spacial score (nSPS) is 11.4. The van der Waals surface area contributed by atoms with Crippen LogP contribution in [-0.4, -0.2) is 37.6 Å². The van der Waals surface area contributed by atoms with Crippen molar-refractivity contribution in [1.82, 2.24) is 4.90 Å². The lowest BCUT2D eigenvalue weighted by Crippen LogP contribution is -2.33. The highest BCUT2D eigenvalue weighted by atomic mass is 19.4. The van der Waals surface area contributed by atoms with Crippen LogP contribution in [0.25, 0.3) is 0 Å². The lowest BCUT2D eigenvalue weighted by Gasteiger charge is -2.21. The lowest BCUT2D eigenvalue weighted by molar-refractivity contribution is -0.136. The topological polar surface area (TPSA) is 55.6 Å². The molecule has 0 aliphatic rings. The van der Waals surface area contributed by atoms with E-state index in [9.17, 15) is 18.0 Å². The van der Waals surface area contributed by atoms with Crippen molar-refractivity contribution in [3.05, 3.63) is 29.3 Å². The molecule has 1 rings (SSSR count). The van der Waals surface area contributed by atoms with Gasteiger partial charge in [-0.3, -0.25) is 4.79 Å². The van der Waals surface area contributed by atoms with E-state index in [-0.39, 0.29) is 5.56 Å². The Labute approximate surface area is 115 Å². The lowest BCUT2D eigenvalue weighted by atomic mass is 10.1. The number of methoxy groups -OCH3 is 1. The first-order chi connectivity index (χ1) is 9.31. The molecule has 1 aromatic rings. The summed E-state index contributed by atoms with van der Waals surface area (Å²) in [5.74, 6) is -0.477. The van der Waals surface area contributed by atoms with E-state index in [0.29, 0.717) is 19.7 Å². The summed E-state index contributed by atoms with van der Waals surface area (Å²) in [6, 6.07) is 3.18. The van der Waals surface area contributed by atoms with Crippen molar-refractivity contribution in [3.8, 4) is 0 Å². The highest BCUT2D eigenvalue weighted by Gasteiger charge is 2.33. The number of ether oxygens (including phenoxy) is 1. The maximum atomic E-state index is 12.8. The van der Waals surface area contributed by atoms with Crippen molar-refractivity contribution in [2.45, 2.75) is 13.1 Å². The molecule has 0 heterocycles. The summed E-state index contributed by atoms with van der Waals surface area (Å²) in [4.78, 5) is 13.5. The summed E-state index contributed by atoms with van der Waals surface area (Å²) >= 11 is 0. The zero-order chi connectivity index (χ0) is 15.3. The molecule has 0 aliphatic carbocycles. The van der Waals surface area contributed by atoms with Gasteiger partial charge in [0.1, 0.15) is 0 Å². The average molecular weight is 290 g/mol. The highest BCUT2D eigenvalue weighted by molar-refractivity contribution is 5.95. The molecule has 1 aromatic carbocycles. The molecule has 0 atom stereocenters. The van der Waals surface area contributed by atoms with Gasteiger partial charge in [-0.2, -0.15) is 13.2 Å². The molecule has 7 heteroatoms. The van der Waals surface area contributed by atoms with Gasteiger partial charge in [0.05, 0.1) is 12.2 Å². The number of likely N-dealkylation sites (N-methyl/N-ethyl adjacent to an activating group) is 1. The monoisotopic (exact) mass is 290 g/mol. The van der Waals surface area contributed by atoms with E-state index in [2.05, 4.69) is 0 Å². The van der Waals surface area contributed by atoms with Crippen molar-refractivity contribution in [2.75, 3.05) is 32.5 Å². The van der Waals surface area contributed by atoms with Crippen LogP contribution in [0.15, 0.2) is 18.2 Å². The van der Waals surface area contributed by atoms with Gasteiger partial charge in [0.15, 0.2) is 0 Å². The fraction of sp³-hybridized carbons (Fsp3) is 0.462. The third kappa shape index (κ3) is 3.86. The number of nitrogens with two attached hydrogens (primary N) is 1. The molecule has 0 fully saturated rings. The molecule has 0 saturated carbocycles. The zero-order valence-electron chi connectivity index (χ0n) is 11.3. The number of alkyl halides is 3. The molecular weight excluding hydrogens is 273 g/mol. The molecule has 4 nitrogen and oxygen atoms in total. The van der Waals surface area contributed by atoms with Crippen LogP contribution < -0.4 is 5.73 Å². The highest BCUT2D eigenvalue weighted by Crippen LogP contribution is 2.34. The van der Waals surface area contributed by atoms with Gasteiger partial charge in [-0.15, -0.1) is 0 Å². The summed E-state index contributed by atoms with van der Waals surface area (Å²) < 4.78 is 43.1. The van der Waals surface area contributed by atoms with E-state index >= 15 is 0 Å². The second-order valence-corrected chi connectivity index (χ2v) is 4.18. The van der Waals surface area contributed by atoms with E-state index in [1.165, 1.54) is 18.1 Å². The van der Waals surface area contributed by atoms with Gasteiger partial charge in [0.2, 0.25) is 0 Å². The first-order valence-electron chi connectivity index (χ1n) is 6.06. The van der Waals surface area contributed by atoms with Gasteiger partial charge >= 0.3 is 6.18 Å². The number of hydrogen-bond donors (Lipinski definition) is 1. The Morgan fingerprint density at radius 2 is 2.05 bits per heavy atom. The summed E-state index contributed by atoms with van der Waals surface area (Å²) in [5, 5.41) is 0. The standard InChI is InChI=1S/C13H17F3N2O2/c1-3-18(6-7-20-2)12(19)9-4-5-11(17)10(8-9)13(14,15)16/h4-5,8H,3,6-7,17H2,1-2H3. The predicted molar refractivity (Wildman–Crippen MR) is 69.3 cm³/mol. The first-order valence-corrected chi connectivity index (χ1v) is 6.06. The minimum atomic E-state index is -4.58. The number of carbonyl (C=O) groups excluding carboxylic acids is 1. The van der Waals surface area contributed by atoms with Gasteiger partial charge < -0.3 is 15.4 Å². The third-order valence-electron chi connectivity index (χ3n) is 2.84. The molecule has 0 radical (unpaired) electrons. The van der Waals surface area contributed by atoms with Crippen LogP contribution in [0.4, 0.5) is 18.9 Å². The second-order valence-electron chi connectivity index (χ2n) is 4.18. The Hall–Kier alpha value is -1.76. The SMILES string of the molecule is CCN(CCOC)C(=O)c1ccc(N)c(C(F)(F)F)c1. The summed E-state index contributed by atoms with van der Waals surface area (Å²) in [7, 11) is 1.49. The Morgan fingerprint density at radius 3 is 2.55 bits per heavy atom. The molecule has 0 unspecified atom stereocenters. The minimum Gasteiger partial charge on any atom is -0.398 e. The van der Waals surface area contributed by atoms with Crippen molar-refractivity contribution in [3.63, 3.8) is 0 Å². The van der Waals surface area contributed by atoms with Crippen molar-refractivity contribution < 1.29 is 22.7 Å². The Balaban J connectivity index is 3.04. The van der Waals surface area contributed by atoms with E-state index in [4.69, 9.17) is 10.5 Å². The Kier molecular flexibility index (Phi) is 5.38. The van der Waals surface area contributed by atoms with Crippen LogP contribution in [-0.2, 0) is 10.9 Å². The number of halogens is 3. The van der Waals surface area contributed by atoms with Gasteiger partial charge in [0.25, 0.3) is 5.91 Å². The molecule has 0 saturated heterocycles. The zero-order valence-corrected chi connectivity index (χ0v) is 11.3. The molecule has 0 spiro atoms. The molecule has 112 valence electrons. The summed E-state index contributed by atoms with van der Waals surface area (Å²) in [5.41, 5.74) is 3.87. The fourth-order valence-electron chi connectivity index (χ4n) is 1.72. The number of carbonyl (C=O) groups is 1. The van der Waals surface area contributed by atoms with Crippen LogP contribution in [0.3, 0.4) is 0 Å². The number of anilines is 1. The number of nitrogen functional groups attached to an aromatic ring is 1. The molecule has 20 heavy (non-hydrogen) atoms. The Morgan fingerprint density at radius 1 is 1.40 bits per heavy atom. The third-order valence-corrected chi connectivity index (χ3v) is 2.84. The number of hydrogen-bond acceptors (Lipinski definition) is 3. The van der Waals surface area contributed by atoms with E-state index in [0.717, 1.165) is 12.1 Å². The molecule has 1 amide bonds. The van der Waals surface area contributed by atoms with Crippen LogP contribution in [0.1, 0.15) is 22.8 Å². The fourth-order valence-corrected chi connectivity index (χ4v) is 1.72. The number of amides is 1. The van der Waals surface area contributed by atoms with Gasteiger partial charge in [-0.25, -0.2) is 0 Å². The number of nitrogens with zero attached hydrogens (tertiary/aromatic N) is 1. The van der Waals surface area contributed by atoms with E-state index in [1.54, 1.807) is 6.92 Å². The maximum Gasteiger partial charge on any atom is 0.418 e. The second kappa shape index (κ2) is 6.60. The quantitative estimate of drug-likeness (QED) is 0.847. The van der Waals surface area contributed by atoms with Crippen molar-refractivity contribution in [2.24, 2.45) is 0 Å². The first kappa shape index (κ1) is 16.3. The number of benzene rings is 1. The summed E-state index contributed by atoms with van der Waals surface area (Å²) in [6.07, 6.45) is -4.58. The Bertz CT molecular complexity index is 475. The average Bonchev–Trinajstić information content (AvgIpc) is 2.38. The van der Waals surface area contributed by atoms with Crippen LogP contribution in [0.5, 0.6) is 0 Å². The molecule has 2 N–H and O–H groups in total. The minimum absolute atomic E-state index is 0.0375. The number of rotatable bonds is 5. The van der Waals surface area contributed by atoms with E-state index in [1.807, 2.05) is 0 Å². The molecular formula is C13H17F3N2O2. The smallest absolute Gasteiger partial charge is 0.398 e. The van der Waals surface area contributed by atoms with Crippen molar-refractivity contribution in [1.29, 1.82) is 0 Å². The predicted octanol–water partition coefficient (Wildman–Crippen LogP) is 2.40. The van der Waals surface area contributed by atoms with Crippen molar-refractivity contribution >= 4 is 11.6 Å². The maximum absolute atomic E-state index is 12.8. The van der Waals surface area contributed by atoms with Gasteiger partial charge in [-0.05, 0) is 25.1 Å². The van der Waals surface area contributed by atoms with E-state index < -0.39 is 23.3 Å². The largest absolute Gasteiger partial charge is 0.418 e. The summed E-state index contributed by atoms with van der Waals surface area (Å²) in [6.45, 7) is 2.77. The van der Waals surface area contributed by atoms with Gasteiger partial charge in [-0.1, -0.05) is 0 Å².